The lowest BCUT2D eigenvalue weighted by atomic mass is 10.0. The third-order valence-electron chi connectivity index (χ3n) is 1.92. The summed E-state index contributed by atoms with van der Waals surface area (Å²) in [5.74, 6) is -2.63. The molecular weight excluding hydrogens is 230 g/mol. The molecule has 3 nitrogen and oxygen atoms in total. The molecule has 0 amide bonds. The summed E-state index contributed by atoms with van der Waals surface area (Å²) in [4.78, 5) is 10.5. The fraction of sp³-hybridized carbons (Fsp3) is 0.222. The van der Waals surface area contributed by atoms with Gasteiger partial charge in [0.05, 0.1) is 5.56 Å². The van der Waals surface area contributed by atoms with Crippen LogP contribution in [0.3, 0.4) is 0 Å². The van der Waals surface area contributed by atoms with Gasteiger partial charge in [0.15, 0.2) is 0 Å². The molecule has 0 spiro atoms. The molecule has 1 atom stereocenters. The van der Waals surface area contributed by atoms with Crippen molar-refractivity contribution in [2.24, 2.45) is 5.73 Å². The van der Waals surface area contributed by atoms with E-state index in [2.05, 4.69) is 0 Å². The van der Waals surface area contributed by atoms with E-state index in [1.807, 2.05) is 0 Å². The number of nitrogens with two attached hydrogens (primary N) is 1. The smallest absolute Gasteiger partial charge is 0.416 e. The summed E-state index contributed by atoms with van der Waals surface area (Å²) in [5.41, 5.74) is 3.00. The van der Waals surface area contributed by atoms with Crippen molar-refractivity contribution in [3.63, 3.8) is 0 Å². The van der Waals surface area contributed by atoms with Crippen molar-refractivity contribution >= 4 is 5.97 Å². The Morgan fingerprint density at radius 3 is 2.38 bits per heavy atom. The number of hydrogen-bond acceptors (Lipinski definition) is 2. The molecule has 0 saturated carbocycles. The molecule has 0 bridgehead atoms. The van der Waals surface area contributed by atoms with Gasteiger partial charge in [-0.2, -0.15) is 13.2 Å². The van der Waals surface area contributed by atoms with Gasteiger partial charge < -0.3 is 10.8 Å². The zero-order valence-electron chi connectivity index (χ0n) is 7.75. The number of carboxylic acid groups (broad SMARTS) is 1. The van der Waals surface area contributed by atoms with E-state index in [0.29, 0.717) is 18.2 Å². The Bertz CT molecular complexity index is 416. The van der Waals surface area contributed by atoms with Gasteiger partial charge in [-0.1, -0.05) is 0 Å². The van der Waals surface area contributed by atoms with Gasteiger partial charge >= 0.3 is 12.1 Å². The van der Waals surface area contributed by atoms with E-state index in [-0.39, 0.29) is 0 Å². The fourth-order valence-corrected chi connectivity index (χ4v) is 1.18. The number of aliphatic carboxylic acids is 1. The lowest BCUT2D eigenvalue weighted by molar-refractivity contribution is -0.141. The van der Waals surface area contributed by atoms with E-state index >= 15 is 0 Å². The average Bonchev–Trinajstić information content (AvgIpc) is 2.14. The zero-order chi connectivity index (χ0) is 12.5. The van der Waals surface area contributed by atoms with Crippen LogP contribution in [0.25, 0.3) is 0 Å². The fourth-order valence-electron chi connectivity index (χ4n) is 1.18. The van der Waals surface area contributed by atoms with E-state index in [1.165, 1.54) is 0 Å². The molecule has 0 aliphatic carbocycles. The lowest BCUT2D eigenvalue weighted by Gasteiger charge is -2.15. The molecule has 0 unspecified atom stereocenters. The van der Waals surface area contributed by atoms with Crippen molar-refractivity contribution < 1.29 is 27.5 Å². The molecule has 0 aliphatic rings. The molecule has 0 aliphatic heterocycles. The second-order valence-corrected chi connectivity index (χ2v) is 3.05. The Hall–Kier alpha value is -1.63. The first kappa shape index (κ1) is 12.4. The average molecular weight is 237 g/mol. The van der Waals surface area contributed by atoms with Crippen molar-refractivity contribution in [2.45, 2.75) is 12.2 Å². The molecule has 0 saturated heterocycles. The topological polar surface area (TPSA) is 63.3 Å². The molecule has 0 heterocycles. The van der Waals surface area contributed by atoms with E-state index in [4.69, 9.17) is 10.8 Å². The summed E-state index contributed by atoms with van der Waals surface area (Å²) in [6, 6.07) is -0.372. The van der Waals surface area contributed by atoms with Gasteiger partial charge in [-0.3, -0.25) is 4.79 Å². The Labute approximate surface area is 87.5 Å². The molecule has 0 aromatic heterocycles. The Morgan fingerprint density at radius 2 is 1.94 bits per heavy atom. The van der Waals surface area contributed by atoms with E-state index in [0.717, 1.165) is 0 Å². The monoisotopic (exact) mass is 237 g/mol. The van der Waals surface area contributed by atoms with Crippen LogP contribution in [0, 0.1) is 5.82 Å². The largest absolute Gasteiger partial charge is 0.480 e. The van der Waals surface area contributed by atoms with Crippen LogP contribution in [0.5, 0.6) is 0 Å². The third kappa shape index (κ3) is 2.48. The van der Waals surface area contributed by atoms with Gasteiger partial charge in [-0.15, -0.1) is 0 Å². The summed E-state index contributed by atoms with van der Waals surface area (Å²) in [7, 11) is 0. The van der Waals surface area contributed by atoms with Gasteiger partial charge in [0, 0.05) is 0 Å². The van der Waals surface area contributed by atoms with Crippen LogP contribution >= 0.6 is 0 Å². The van der Waals surface area contributed by atoms with Gasteiger partial charge in [-0.05, 0) is 23.8 Å². The first-order chi connectivity index (χ1) is 7.23. The van der Waals surface area contributed by atoms with Crippen molar-refractivity contribution in [2.75, 3.05) is 0 Å². The molecule has 88 valence electrons. The SMILES string of the molecule is N[C@H](C(=O)O)c1cc(F)ccc1C(F)(F)F. The Kier molecular flexibility index (Phi) is 3.18. The van der Waals surface area contributed by atoms with Crippen LogP contribution in [-0.4, -0.2) is 11.1 Å². The summed E-state index contributed by atoms with van der Waals surface area (Å²) in [6.07, 6.45) is -4.77. The summed E-state index contributed by atoms with van der Waals surface area (Å²) < 4.78 is 50.0. The number of hydrogen-bond donors (Lipinski definition) is 2. The minimum Gasteiger partial charge on any atom is -0.480 e. The quantitative estimate of drug-likeness (QED) is 0.772. The summed E-state index contributed by atoms with van der Waals surface area (Å²) in [5, 5.41) is 8.50. The second kappa shape index (κ2) is 4.09. The van der Waals surface area contributed by atoms with Crippen LogP contribution in [0.2, 0.25) is 0 Å². The van der Waals surface area contributed by atoms with E-state index in [9.17, 15) is 22.4 Å². The lowest BCUT2D eigenvalue weighted by Crippen LogP contribution is -2.24. The molecule has 1 aromatic rings. The van der Waals surface area contributed by atoms with Gasteiger partial charge in [0.2, 0.25) is 0 Å². The maximum absolute atomic E-state index is 12.7. The number of benzene rings is 1. The van der Waals surface area contributed by atoms with Gasteiger partial charge in [-0.25, -0.2) is 4.39 Å². The maximum atomic E-state index is 12.7. The molecule has 7 heteroatoms. The number of carboxylic acids is 1. The summed E-state index contributed by atoms with van der Waals surface area (Å²) >= 11 is 0. The number of halogens is 4. The van der Waals surface area contributed by atoms with Crippen LogP contribution in [0.15, 0.2) is 18.2 Å². The van der Waals surface area contributed by atoms with Crippen LogP contribution in [0.4, 0.5) is 17.6 Å². The highest BCUT2D eigenvalue weighted by molar-refractivity contribution is 5.75. The maximum Gasteiger partial charge on any atom is 0.416 e. The minimum absolute atomic E-state index is 0.466. The Morgan fingerprint density at radius 1 is 1.38 bits per heavy atom. The number of rotatable bonds is 2. The van der Waals surface area contributed by atoms with Crippen LogP contribution in [-0.2, 0) is 11.0 Å². The molecule has 0 radical (unpaired) electrons. The standard InChI is InChI=1S/C9H7F4NO2/c10-4-1-2-6(9(11,12)13)5(3-4)7(14)8(15)16/h1-3,7H,14H2,(H,15,16)/t7-/m0/s1. The highest BCUT2D eigenvalue weighted by Gasteiger charge is 2.36. The third-order valence-corrected chi connectivity index (χ3v) is 1.92. The van der Waals surface area contributed by atoms with Crippen molar-refractivity contribution in [1.29, 1.82) is 0 Å². The first-order valence-corrected chi connectivity index (χ1v) is 4.08. The van der Waals surface area contributed by atoms with Crippen molar-refractivity contribution in [3.05, 3.63) is 35.1 Å². The number of carbonyl (C=O) groups is 1. The molecule has 1 rings (SSSR count). The van der Waals surface area contributed by atoms with E-state index < -0.39 is 35.1 Å². The number of alkyl halides is 3. The second-order valence-electron chi connectivity index (χ2n) is 3.05. The zero-order valence-corrected chi connectivity index (χ0v) is 7.75. The van der Waals surface area contributed by atoms with Crippen molar-refractivity contribution in [3.8, 4) is 0 Å². The molecule has 16 heavy (non-hydrogen) atoms. The highest BCUT2D eigenvalue weighted by Crippen LogP contribution is 2.34. The molecule has 0 fully saturated rings. The normalized spacial score (nSPS) is 13.6. The van der Waals surface area contributed by atoms with E-state index in [1.54, 1.807) is 0 Å². The highest BCUT2D eigenvalue weighted by atomic mass is 19.4. The minimum atomic E-state index is -4.77. The molecule has 3 N–H and O–H groups in total. The predicted octanol–water partition coefficient (Wildman–Crippen LogP) is 1.93. The molecule has 1 aromatic carbocycles. The van der Waals surface area contributed by atoms with Crippen LogP contribution in [0.1, 0.15) is 17.2 Å². The molecular formula is C9H7F4NO2. The summed E-state index contributed by atoms with van der Waals surface area (Å²) in [6.45, 7) is 0. The first-order valence-electron chi connectivity index (χ1n) is 4.08. The van der Waals surface area contributed by atoms with Crippen LogP contribution < -0.4 is 5.73 Å². The Balaban J connectivity index is 3.35. The van der Waals surface area contributed by atoms with Gasteiger partial charge in [0.1, 0.15) is 11.9 Å². The predicted molar refractivity (Wildman–Crippen MR) is 46.0 cm³/mol. The van der Waals surface area contributed by atoms with Gasteiger partial charge in [0.25, 0.3) is 0 Å². The van der Waals surface area contributed by atoms with Crippen molar-refractivity contribution in [1.82, 2.24) is 0 Å².